The molecule has 5 aromatic rings. The highest BCUT2D eigenvalue weighted by Gasteiger charge is 2.25. The molecule has 4 N–H and O–H groups in total. The summed E-state index contributed by atoms with van der Waals surface area (Å²) >= 11 is 0. The number of aromatic nitrogens is 2. The van der Waals surface area contributed by atoms with Gasteiger partial charge >= 0.3 is 17.5 Å². The molecule has 0 aliphatic carbocycles. The van der Waals surface area contributed by atoms with E-state index < -0.39 is 23.2 Å². The predicted octanol–water partition coefficient (Wildman–Crippen LogP) is 4.87. The second kappa shape index (κ2) is 11.4. The molecule has 0 aliphatic heterocycles. The molecular formula is C31H22N4O6. The maximum Gasteiger partial charge on any atom is 0.335 e. The van der Waals surface area contributed by atoms with Gasteiger partial charge in [0.1, 0.15) is 11.4 Å². The first-order valence-corrected chi connectivity index (χ1v) is 12.3. The lowest BCUT2D eigenvalue weighted by molar-refractivity contribution is 0.0686. The van der Waals surface area contributed by atoms with Gasteiger partial charge in [0.15, 0.2) is 5.75 Å². The van der Waals surface area contributed by atoms with E-state index in [-0.39, 0.29) is 33.8 Å². The normalized spacial score (nSPS) is 11.2. The summed E-state index contributed by atoms with van der Waals surface area (Å²) in [4.78, 5) is 36.0. The average Bonchev–Trinajstić information content (AvgIpc) is 3.00. The Morgan fingerprint density at radius 2 is 1.24 bits per heavy atom. The number of benzene rings is 4. The molecule has 0 atom stereocenters. The van der Waals surface area contributed by atoms with E-state index in [1.54, 1.807) is 60.7 Å². The van der Waals surface area contributed by atoms with Crippen molar-refractivity contribution in [3.8, 4) is 22.7 Å². The smallest absolute Gasteiger partial charge is 0.335 e. The van der Waals surface area contributed by atoms with Crippen molar-refractivity contribution in [3.05, 3.63) is 142 Å². The Morgan fingerprint density at radius 3 is 1.80 bits per heavy atom. The zero-order valence-corrected chi connectivity index (χ0v) is 21.3. The van der Waals surface area contributed by atoms with Crippen LogP contribution in [-0.2, 0) is 0 Å². The summed E-state index contributed by atoms with van der Waals surface area (Å²) in [7, 11) is 0. The monoisotopic (exact) mass is 546 g/mol. The van der Waals surface area contributed by atoms with Crippen LogP contribution < -0.4 is 11.0 Å². The van der Waals surface area contributed by atoms with Crippen molar-refractivity contribution >= 4 is 23.3 Å². The molecule has 0 saturated carbocycles. The van der Waals surface area contributed by atoms with Gasteiger partial charge in [0.2, 0.25) is 0 Å². The molecule has 202 valence electrons. The lowest BCUT2D eigenvalue weighted by atomic mass is 9.97. The van der Waals surface area contributed by atoms with Gasteiger partial charge in [-0.3, -0.25) is 10.2 Å². The minimum absolute atomic E-state index is 0.0342. The number of anilines is 1. The van der Waals surface area contributed by atoms with Gasteiger partial charge in [-0.1, -0.05) is 60.7 Å². The van der Waals surface area contributed by atoms with E-state index in [4.69, 9.17) is 0 Å². The molecule has 0 unspecified atom stereocenters. The Balaban J connectivity index is 1.72. The third-order valence-electron chi connectivity index (χ3n) is 6.19. The largest absolute Gasteiger partial charge is 0.502 e. The molecule has 0 radical (unpaired) electrons. The second-order valence-corrected chi connectivity index (χ2v) is 8.83. The molecule has 5 rings (SSSR count). The number of nitrogens with zero attached hydrogens (tertiary/aromatic N) is 3. The van der Waals surface area contributed by atoms with Gasteiger partial charge in [0.25, 0.3) is 0 Å². The molecule has 0 spiro atoms. The summed E-state index contributed by atoms with van der Waals surface area (Å²) in [6.45, 7) is 0. The molecule has 41 heavy (non-hydrogen) atoms. The maximum absolute atomic E-state index is 13.5. The van der Waals surface area contributed by atoms with E-state index in [1.807, 2.05) is 12.1 Å². The number of carboxylic acids is 2. The first-order valence-electron chi connectivity index (χ1n) is 12.3. The Hall–Kier alpha value is -6.03. The van der Waals surface area contributed by atoms with Crippen LogP contribution in [-0.4, -0.2) is 42.8 Å². The summed E-state index contributed by atoms with van der Waals surface area (Å²) in [6, 6.07) is 29.3. The van der Waals surface area contributed by atoms with E-state index in [1.165, 1.54) is 36.4 Å². The molecular weight excluding hydrogens is 524 g/mol. The molecule has 10 heteroatoms. The summed E-state index contributed by atoms with van der Waals surface area (Å²) in [5.74, 6) is -2.80. The Kier molecular flexibility index (Phi) is 7.37. The first-order chi connectivity index (χ1) is 19.8. The van der Waals surface area contributed by atoms with Gasteiger partial charge in [0.05, 0.1) is 28.1 Å². The number of aromatic carboxylic acids is 2. The van der Waals surface area contributed by atoms with Crippen LogP contribution in [0.15, 0.2) is 119 Å². The van der Waals surface area contributed by atoms with E-state index in [2.05, 4.69) is 15.6 Å². The molecule has 1 aromatic heterocycles. The molecule has 0 fully saturated rings. The van der Waals surface area contributed by atoms with E-state index in [0.29, 0.717) is 16.8 Å². The highest BCUT2D eigenvalue weighted by molar-refractivity contribution is 6.17. The molecule has 0 aliphatic rings. The van der Waals surface area contributed by atoms with Crippen LogP contribution in [0.1, 0.15) is 31.8 Å². The van der Waals surface area contributed by atoms with E-state index >= 15 is 0 Å². The highest BCUT2D eigenvalue weighted by atomic mass is 16.4. The van der Waals surface area contributed by atoms with Crippen molar-refractivity contribution in [1.82, 2.24) is 9.78 Å². The number of hydrogen-bond donors (Lipinski definition) is 4. The summed E-state index contributed by atoms with van der Waals surface area (Å²) in [5, 5.41) is 39.0. The van der Waals surface area contributed by atoms with Crippen molar-refractivity contribution in [1.29, 1.82) is 0 Å². The van der Waals surface area contributed by atoms with Crippen molar-refractivity contribution < 1.29 is 24.9 Å². The quantitative estimate of drug-likeness (QED) is 0.159. The molecule has 4 aromatic carbocycles. The Bertz CT molecular complexity index is 1820. The standard InChI is InChI=1S/C31H22N4O6/c36-28-25(26(19-7-3-1-4-8-19)33-32-23-15-11-21(12-16-23)30(38)39)27(20-9-5-2-6-10-20)34-35(29(28)37)24-17-13-22(14-18-24)31(40)41/h1-18,32,36H,(H,38,39)(H,40,41)/b33-26+. The number of hydrazone groups is 1. The second-order valence-electron chi connectivity index (χ2n) is 8.83. The van der Waals surface area contributed by atoms with Crippen molar-refractivity contribution in [2.75, 3.05) is 5.43 Å². The molecule has 0 amide bonds. The van der Waals surface area contributed by atoms with E-state index in [9.17, 15) is 29.7 Å². The number of carboxylic acid groups (broad SMARTS) is 2. The van der Waals surface area contributed by atoms with Crippen LogP contribution in [0.25, 0.3) is 16.9 Å². The van der Waals surface area contributed by atoms with Crippen LogP contribution in [0.3, 0.4) is 0 Å². The topological polar surface area (TPSA) is 154 Å². The zero-order valence-electron chi connectivity index (χ0n) is 21.3. The SMILES string of the molecule is O=C(O)c1ccc(N/N=C(\c2ccccc2)c2c(-c3ccccc3)nn(-c3ccc(C(=O)O)cc3)c(=O)c2O)cc1. The number of carbonyl (C=O) groups is 2. The third-order valence-corrected chi connectivity index (χ3v) is 6.19. The van der Waals surface area contributed by atoms with Crippen LogP contribution in [0.2, 0.25) is 0 Å². The molecule has 10 nitrogen and oxygen atoms in total. The van der Waals surface area contributed by atoms with Crippen molar-refractivity contribution in [2.45, 2.75) is 0 Å². The van der Waals surface area contributed by atoms with Gasteiger partial charge in [-0.2, -0.15) is 14.9 Å². The lowest BCUT2D eigenvalue weighted by Crippen LogP contribution is -2.25. The van der Waals surface area contributed by atoms with Crippen LogP contribution in [0, 0.1) is 0 Å². The number of nitrogens with one attached hydrogen (secondary N) is 1. The van der Waals surface area contributed by atoms with Crippen LogP contribution >= 0.6 is 0 Å². The summed E-state index contributed by atoms with van der Waals surface area (Å²) in [5.41, 5.74) is 4.61. The Labute approximate surface area is 233 Å². The minimum atomic E-state index is -1.12. The fraction of sp³-hybridized carbons (Fsp3) is 0. The Morgan fingerprint density at radius 1 is 0.707 bits per heavy atom. The molecule has 1 heterocycles. The van der Waals surface area contributed by atoms with Crippen LogP contribution in [0.4, 0.5) is 5.69 Å². The zero-order chi connectivity index (χ0) is 28.9. The molecule has 0 bridgehead atoms. The summed E-state index contributed by atoms with van der Waals surface area (Å²) < 4.78 is 1.01. The van der Waals surface area contributed by atoms with Gasteiger partial charge in [-0.05, 0) is 48.5 Å². The fourth-order valence-electron chi connectivity index (χ4n) is 4.13. The van der Waals surface area contributed by atoms with Gasteiger partial charge in [-0.25, -0.2) is 9.59 Å². The van der Waals surface area contributed by atoms with Crippen molar-refractivity contribution in [2.24, 2.45) is 5.10 Å². The lowest BCUT2D eigenvalue weighted by Gasteiger charge is -2.16. The number of hydrogen-bond acceptors (Lipinski definition) is 7. The maximum atomic E-state index is 13.5. The fourth-order valence-corrected chi connectivity index (χ4v) is 4.13. The average molecular weight is 547 g/mol. The van der Waals surface area contributed by atoms with Gasteiger partial charge in [-0.15, -0.1) is 0 Å². The van der Waals surface area contributed by atoms with Crippen LogP contribution in [0.5, 0.6) is 5.75 Å². The minimum Gasteiger partial charge on any atom is -0.502 e. The first kappa shape index (κ1) is 26.6. The number of rotatable bonds is 8. The van der Waals surface area contributed by atoms with Gasteiger partial charge < -0.3 is 15.3 Å². The summed E-state index contributed by atoms with van der Waals surface area (Å²) in [6.07, 6.45) is 0. The predicted molar refractivity (Wildman–Crippen MR) is 153 cm³/mol. The highest BCUT2D eigenvalue weighted by Crippen LogP contribution is 2.29. The third kappa shape index (κ3) is 5.57. The van der Waals surface area contributed by atoms with Gasteiger partial charge in [0, 0.05) is 11.1 Å². The molecule has 0 saturated heterocycles. The number of aromatic hydroxyl groups is 1. The van der Waals surface area contributed by atoms with E-state index in [0.717, 1.165) is 4.68 Å². The van der Waals surface area contributed by atoms with Crippen molar-refractivity contribution in [3.63, 3.8) is 0 Å².